The summed E-state index contributed by atoms with van der Waals surface area (Å²) in [5.41, 5.74) is -0.877. The van der Waals surface area contributed by atoms with Crippen LogP contribution in [0.5, 0.6) is 0 Å². The Balaban J connectivity index is 1.85. The minimum absolute atomic E-state index is 0.0477. The molecule has 116 valence electrons. The van der Waals surface area contributed by atoms with Crippen molar-refractivity contribution >= 4 is 5.97 Å². The largest absolute Gasteiger partial charge is 0.462 e. The van der Waals surface area contributed by atoms with E-state index in [-0.39, 0.29) is 12.2 Å². The molecule has 2 nitrogen and oxygen atoms in total. The fraction of sp³-hybridized carbons (Fsp3) is 0.562. The number of carbonyl (C=O) groups is 1. The zero-order valence-electron chi connectivity index (χ0n) is 11.8. The first-order valence-electron chi connectivity index (χ1n) is 7.31. The van der Waals surface area contributed by atoms with Crippen LogP contribution in [0.2, 0.25) is 0 Å². The van der Waals surface area contributed by atoms with Crippen LogP contribution in [0.3, 0.4) is 0 Å². The molecule has 1 saturated carbocycles. The first kappa shape index (κ1) is 15.9. The lowest BCUT2D eigenvalue weighted by atomic mass is 9.87. The van der Waals surface area contributed by atoms with Gasteiger partial charge in [-0.3, -0.25) is 0 Å². The molecular weight excluding hydrogens is 281 g/mol. The van der Waals surface area contributed by atoms with Crippen LogP contribution in [-0.2, 0) is 10.9 Å². The fourth-order valence-corrected chi connectivity index (χ4v) is 2.70. The molecule has 5 heteroatoms. The van der Waals surface area contributed by atoms with E-state index < -0.39 is 17.7 Å². The number of carbonyl (C=O) groups excluding carboxylic acids is 1. The molecule has 0 bridgehead atoms. The maximum Gasteiger partial charge on any atom is 0.416 e. The number of hydrogen-bond acceptors (Lipinski definition) is 2. The van der Waals surface area contributed by atoms with Gasteiger partial charge in [-0.2, -0.15) is 13.2 Å². The van der Waals surface area contributed by atoms with Gasteiger partial charge in [-0.15, -0.1) is 0 Å². The van der Waals surface area contributed by atoms with E-state index in [1.54, 1.807) is 0 Å². The molecule has 21 heavy (non-hydrogen) atoms. The van der Waals surface area contributed by atoms with Crippen molar-refractivity contribution in [2.24, 2.45) is 5.92 Å². The average molecular weight is 300 g/mol. The topological polar surface area (TPSA) is 26.3 Å². The molecule has 0 aliphatic heterocycles. The van der Waals surface area contributed by atoms with Crippen molar-refractivity contribution in [1.29, 1.82) is 0 Å². The molecule has 0 heterocycles. The van der Waals surface area contributed by atoms with Crippen LogP contribution < -0.4 is 0 Å². The Labute approximate surface area is 122 Å². The van der Waals surface area contributed by atoms with Crippen molar-refractivity contribution in [3.05, 3.63) is 35.4 Å². The van der Waals surface area contributed by atoms with E-state index in [1.807, 2.05) is 0 Å². The number of esters is 1. The zero-order valence-corrected chi connectivity index (χ0v) is 11.8. The third-order valence-electron chi connectivity index (χ3n) is 3.91. The van der Waals surface area contributed by atoms with Crippen molar-refractivity contribution < 1.29 is 22.7 Å². The maximum absolute atomic E-state index is 12.6. The Morgan fingerprint density at radius 3 is 2.57 bits per heavy atom. The summed E-state index contributed by atoms with van der Waals surface area (Å²) in [5.74, 6) is -0.107. The van der Waals surface area contributed by atoms with E-state index in [0.29, 0.717) is 5.92 Å². The number of halogens is 3. The average Bonchev–Trinajstić information content (AvgIpc) is 2.47. The molecule has 0 radical (unpaired) electrons. The van der Waals surface area contributed by atoms with Gasteiger partial charge in [0.2, 0.25) is 0 Å². The molecule has 0 amide bonds. The maximum atomic E-state index is 12.6. The van der Waals surface area contributed by atoms with E-state index in [0.717, 1.165) is 31.4 Å². The van der Waals surface area contributed by atoms with E-state index in [9.17, 15) is 18.0 Å². The van der Waals surface area contributed by atoms with Crippen LogP contribution in [0.25, 0.3) is 0 Å². The van der Waals surface area contributed by atoms with E-state index >= 15 is 0 Å². The van der Waals surface area contributed by atoms with E-state index in [4.69, 9.17) is 4.74 Å². The number of benzene rings is 1. The Kier molecular flexibility index (Phi) is 5.26. The molecule has 0 atom stereocenters. The van der Waals surface area contributed by atoms with Crippen LogP contribution in [0.1, 0.15) is 54.4 Å². The van der Waals surface area contributed by atoms with Gasteiger partial charge in [0.1, 0.15) is 0 Å². The van der Waals surface area contributed by atoms with Gasteiger partial charge in [0.05, 0.1) is 17.7 Å². The molecule has 1 aliphatic rings. The summed E-state index contributed by atoms with van der Waals surface area (Å²) in [6.07, 6.45) is 2.35. The molecule has 0 saturated heterocycles. The Bertz CT molecular complexity index is 477. The fourth-order valence-electron chi connectivity index (χ4n) is 2.70. The van der Waals surface area contributed by atoms with Crippen LogP contribution in [-0.4, -0.2) is 12.6 Å². The second kappa shape index (κ2) is 6.96. The first-order valence-corrected chi connectivity index (χ1v) is 7.31. The molecule has 0 N–H and O–H groups in total. The second-order valence-electron chi connectivity index (χ2n) is 5.51. The van der Waals surface area contributed by atoms with Gasteiger partial charge in [0.25, 0.3) is 0 Å². The van der Waals surface area contributed by atoms with Crippen molar-refractivity contribution in [1.82, 2.24) is 0 Å². The van der Waals surface area contributed by atoms with Gasteiger partial charge in [-0.25, -0.2) is 4.79 Å². The van der Waals surface area contributed by atoms with Crippen molar-refractivity contribution in [2.45, 2.75) is 44.7 Å². The highest BCUT2D eigenvalue weighted by atomic mass is 19.4. The standard InChI is InChI=1S/C16H19F3O2/c17-16(18,19)14-8-4-7-13(11-14)15(20)21-10-9-12-5-2-1-3-6-12/h4,7-8,11-12H,1-3,5-6,9-10H2. The molecular formula is C16H19F3O2. The predicted molar refractivity (Wildman–Crippen MR) is 72.9 cm³/mol. The quantitative estimate of drug-likeness (QED) is 0.744. The predicted octanol–water partition coefficient (Wildman–Crippen LogP) is 4.83. The van der Waals surface area contributed by atoms with Gasteiger partial charge in [-0.1, -0.05) is 38.2 Å². The Morgan fingerprint density at radius 2 is 1.90 bits per heavy atom. The summed E-state index contributed by atoms with van der Waals surface area (Å²) >= 11 is 0. The number of alkyl halides is 3. The number of rotatable bonds is 4. The molecule has 0 unspecified atom stereocenters. The van der Waals surface area contributed by atoms with Crippen LogP contribution in [0, 0.1) is 5.92 Å². The van der Waals surface area contributed by atoms with Crippen LogP contribution in [0.4, 0.5) is 13.2 Å². The summed E-state index contributed by atoms with van der Waals surface area (Å²) in [4.78, 5) is 11.8. The van der Waals surface area contributed by atoms with Gasteiger partial charge in [0.15, 0.2) is 0 Å². The van der Waals surface area contributed by atoms with Gasteiger partial charge >= 0.3 is 12.1 Å². The molecule has 0 aromatic heterocycles. The van der Waals surface area contributed by atoms with Gasteiger partial charge in [0, 0.05) is 0 Å². The molecule has 1 aliphatic carbocycles. The third kappa shape index (κ3) is 4.76. The monoisotopic (exact) mass is 300 g/mol. The highest BCUT2D eigenvalue weighted by Crippen LogP contribution is 2.30. The van der Waals surface area contributed by atoms with E-state index in [1.165, 1.54) is 31.4 Å². The molecule has 1 aromatic rings. The second-order valence-corrected chi connectivity index (χ2v) is 5.51. The summed E-state index contributed by atoms with van der Waals surface area (Å²) in [5, 5.41) is 0. The summed E-state index contributed by atoms with van der Waals surface area (Å²) < 4.78 is 42.8. The Morgan fingerprint density at radius 1 is 1.19 bits per heavy atom. The lowest BCUT2D eigenvalue weighted by Gasteiger charge is -2.21. The van der Waals surface area contributed by atoms with E-state index in [2.05, 4.69) is 0 Å². The molecule has 0 spiro atoms. The highest BCUT2D eigenvalue weighted by Gasteiger charge is 2.31. The third-order valence-corrected chi connectivity index (χ3v) is 3.91. The minimum atomic E-state index is -4.45. The zero-order chi connectivity index (χ0) is 15.3. The molecule has 2 rings (SSSR count). The van der Waals surface area contributed by atoms with Gasteiger partial charge < -0.3 is 4.74 Å². The SMILES string of the molecule is O=C(OCCC1CCCCC1)c1cccc(C(F)(F)F)c1. The highest BCUT2D eigenvalue weighted by molar-refractivity contribution is 5.89. The number of ether oxygens (including phenoxy) is 1. The summed E-state index contributed by atoms with van der Waals surface area (Å²) in [6.45, 7) is 0.278. The number of hydrogen-bond donors (Lipinski definition) is 0. The molecule has 1 aromatic carbocycles. The summed E-state index contributed by atoms with van der Waals surface area (Å²) in [7, 11) is 0. The first-order chi connectivity index (χ1) is 9.97. The van der Waals surface area contributed by atoms with Crippen LogP contribution in [0.15, 0.2) is 24.3 Å². The summed E-state index contributed by atoms with van der Waals surface area (Å²) in [6, 6.07) is 4.35. The Hall–Kier alpha value is -1.52. The van der Waals surface area contributed by atoms with Crippen LogP contribution >= 0.6 is 0 Å². The minimum Gasteiger partial charge on any atom is -0.462 e. The lowest BCUT2D eigenvalue weighted by molar-refractivity contribution is -0.137. The van der Waals surface area contributed by atoms with Crippen molar-refractivity contribution in [3.8, 4) is 0 Å². The van der Waals surface area contributed by atoms with Gasteiger partial charge in [-0.05, 0) is 30.5 Å². The lowest BCUT2D eigenvalue weighted by Crippen LogP contribution is -2.13. The molecule has 1 fully saturated rings. The van der Waals surface area contributed by atoms with Crippen molar-refractivity contribution in [3.63, 3.8) is 0 Å². The smallest absolute Gasteiger partial charge is 0.416 e. The van der Waals surface area contributed by atoms with Crippen molar-refractivity contribution in [2.75, 3.05) is 6.61 Å². The normalized spacial score (nSPS) is 16.7.